The molecule has 8 rings (SSSR count). The average molecular weight is 843 g/mol. The maximum atomic E-state index is 13.8. The number of carboxylic acid groups (broad SMARTS) is 1. The molecule has 13 nitrogen and oxygen atoms in total. The standard InChI is InChI=1S/C42H43F3N8O3S.CH2O2/c1-41(2)38(55)52(32-7-6-28(25-46)34(24-32)42(43,44)45)40(57)53(41)31-10-8-29(9-11-31)49-20-12-27(13-21-49)26-48-18-14-30(15-19-48)50-22-16-33-35(50)4-3-5-36(33)51-23-17-37(54)47-39(51)56;2-1-3/h3-11,16,22,24,27,30H,12-15,17-21,23,26H2,1-2H3,(H,47,54,56);1H,(H,2,3). The molecule has 314 valence electrons. The molecule has 3 aromatic carbocycles. The Morgan fingerprint density at radius 1 is 0.917 bits per heavy atom. The minimum atomic E-state index is -4.77. The Morgan fingerprint density at radius 2 is 1.57 bits per heavy atom. The summed E-state index contributed by atoms with van der Waals surface area (Å²) in [5.74, 6) is -0.110. The quantitative estimate of drug-likeness (QED) is 0.145. The van der Waals surface area contributed by atoms with Gasteiger partial charge in [0.1, 0.15) is 5.54 Å². The summed E-state index contributed by atoms with van der Waals surface area (Å²) in [7, 11) is 0. The predicted octanol–water partition coefficient (Wildman–Crippen LogP) is 7.15. The van der Waals surface area contributed by atoms with Crippen LogP contribution in [-0.2, 0) is 20.6 Å². The molecule has 4 saturated heterocycles. The van der Waals surface area contributed by atoms with Crippen molar-refractivity contribution in [1.82, 2.24) is 14.8 Å². The topological polar surface area (TPSA) is 145 Å². The van der Waals surface area contributed by atoms with Gasteiger partial charge in [0.25, 0.3) is 12.4 Å². The van der Waals surface area contributed by atoms with E-state index in [1.807, 2.05) is 36.4 Å². The van der Waals surface area contributed by atoms with Crippen molar-refractivity contribution in [3.8, 4) is 6.07 Å². The molecule has 0 unspecified atom stereocenters. The number of amides is 4. The molecule has 0 spiro atoms. The first-order chi connectivity index (χ1) is 28.7. The van der Waals surface area contributed by atoms with Crippen molar-refractivity contribution in [2.24, 2.45) is 5.92 Å². The van der Waals surface area contributed by atoms with Gasteiger partial charge >= 0.3 is 12.2 Å². The van der Waals surface area contributed by atoms with E-state index in [9.17, 15) is 32.8 Å². The lowest BCUT2D eigenvalue weighted by molar-refractivity contribution is -0.137. The van der Waals surface area contributed by atoms with Crippen molar-refractivity contribution in [3.63, 3.8) is 0 Å². The van der Waals surface area contributed by atoms with E-state index < -0.39 is 28.7 Å². The van der Waals surface area contributed by atoms with Gasteiger partial charge in [0, 0.05) is 74.7 Å². The highest BCUT2D eigenvalue weighted by molar-refractivity contribution is 7.81. The van der Waals surface area contributed by atoms with E-state index in [2.05, 4.69) is 38.0 Å². The third-order valence-electron chi connectivity index (χ3n) is 12.0. The van der Waals surface area contributed by atoms with Gasteiger partial charge in [-0.25, -0.2) is 4.79 Å². The fourth-order valence-electron chi connectivity index (χ4n) is 8.91. The second kappa shape index (κ2) is 16.9. The fourth-order valence-corrected chi connectivity index (χ4v) is 9.43. The van der Waals surface area contributed by atoms with Crippen molar-refractivity contribution in [3.05, 3.63) is 84.1 Å². The molecule has 4 aliphatic heterocycles. The summed E-state index contributed by atoms with van der Waals surface area (Å²) in [6, 6.07) is 20.7. The molecular formula is C43H45F3N8O5S. The molecule has 0 aliphatic carbocycles. The number of halogens is 3. The van der Waals surface area contributed by atoms with Crippen molar-refractivity contribution >= 4 is 75.3 Å². The maximum absolute atomic E-state index is 13.8. The Balaban J connectivity index is 0.00000176. The third kappa shape index (κ3) is 8.13. The number of carbonyl (C=O) groups is 4. The summed E-state index contributed by atoms with van der Waals surface area (Å²) < 4.78 is 43.6. The van der Waals surface area contributed by atoms with Gasteiger partial charge < -0.3 is 24.4 Å². The Labute approximate surface area is 350 Å². The van der Waals surface area contributed by atoms with Gasteiger partial charge in [0.2, 0.25) is 5.91 Å². The summed E-state index contributed by atoms with van der Waals surface area (Å²) in [5, 5.41) is 19.6. The van der Waals surface area contributed by atoms with Crippen LogP contribution >= 0.6 is 12.2 Å². The van der Waals surface area contributed by atoms with E-state index >= 15 is 0 Å². The number of hydrogen-bond donors (Lipinski definition) is 2. The molecule has 60 heavy (non-hydrogen) atoms. The molecule has 4 aliphatic rings. The Hall–Kier alpha value is -5.99. The number of aromatic nitrogens is 1. The number of thiocarbonyl (C=S) groups is 1. The van der Waals surface area contributed by atoms with Crippen molar-refractivity contribution < 1.29 is 37.5 Å². The minimum absolute atomic E-state index is 0.0362. The zero-order valence-corrected chi connectivity index (χ0v) is 34.0. The van der Waals surface area contributed by atoms with Gasteiger partial charge in [-0.05, 0) is 118 Å². The van der Waals surface area contributed by atoms with E-state index in [1.54, 1.807) is 29.7 Å². The van der Waals surface area contributed by atoms with Crippen LogP contribution in [0.2, 0.25) is 0 Å². The molecular weight excluding hydrogens is 798 g/mol. The van der Waals surface area contributed by atoms with Crippen molar-refractivity contribution in [2.45, 2.75) is 63.7 Å². The van der Waals surface area contributed by atoms with Gasteiger partial charge in [0.15, 0.2) is 5.11 Å². The highest BCUT2D eigenvalue weighted by atomic mass is 32.1. The highest BCUT2D eigenvalue weighted by Crippen LogP contribution is 2.41. The van der Waals surface area contributed by atoms with Crippen LogP contribution in [-0.4, -0.2) is 88.8 Å². The Kier molecular flexibility index (Phi) is 11.9. The number of nitrogens with one attached hydrogen (secondary N) is 1. The zero-order chi connectivity index (χ0) is 42.9. The summed E-state index contributed by atoms with van der Waals surface area (Å²) in [6.45, 7) is 8.45. The summed E-state index contributed by atoms with van der Waals surface area (Å²) >= 11 is 5.71. The van der Waals surface area contributed by atoms with E-state index in [-0.39, 0.29) is 35.6 Å². The number of nitrogens with zero attached hydrogens (tertiary/aromatic N) is 7. The molecule has 0 saturated carbocycles. The lowest BCUT2D eigenvalue weighted by atomic mass is 9.94. The average Bonchev–Trinajstić information content (AvgIpc) is 3.73. The number of alkyl halides is 3. The van der Waals surface area contributed by atoms with Gasteiger partial charge in [0.05, 0.1) is 34.1 Å². The zero-order valence-electron chi connectivity index (χ0n) is 33.2. The number of likely N-dealkylation sites (tertiary alicyclic amines) is 1. The number of rotatable bonds is 7. The smallest absolute Gasteiger partial charge is 0.417 e. The number of nitriles is 1. The number of fused-ring (bicyclic) bond motifs is 1. The van der Waals surface area contributed by atoms with E-state index in [1.165, 1.54) is 6.07 Å². The molecule has 5 heterocycles. The number of imide groups is 1. The number of carbonyl (C=O) groups excluding carboxylic acids is 3. The number of benzene rings is 3. The van der Waals surface area contributed by atoms with Crippen LogP contribution in [0.3, 0.4) is 0 Å². The van der Waals surface area contributed by atoms with Crippen LogP contribution in [0.1, 0.15) is 63.1 Å². The van der Waals surface area contributed by atoms with Gasteiger partial charge in [-0.1, -0.05) is 6.07 Å². The molecule has 2 N–H and O–H groups in total. The maximum Gasteiger partial charge on any atom is 0.417 e. The number of urea groups is 1. The Bertz CT molecular complexity index is 2340. The number of piperidine rings is 2. The predicted molar refractivity (Wildman–Crippen MR) is 225 cm³/mol. The van der Waals surface area contributed by atoms with Gasteiger partial charge in [-0.2, -0.15) is 18.4 Å². The molecule has 0 bridgehead atoms. The third-order valence-corrected chi connectivity index (χ3v) is 12.4. The largest absolute Gasteiger partial charge is 0.483 e. The van der Waals surface area contributed by atoms with Crippen molar-refractivity contribution in [2.75, 3.05) is 58.9 Å². The van der Waals surface area contributed by atoms with Crippen molar-refractivity contribution in [1.29, 1.82) is 5.26 Å². The monoisotopic (exact) mass is 842 g/mol. The molecule has 4 fully saturated rings. The first-order valence-electron chi connectivity index (χ1n) is 19.8. The Morgan fingerprint density at radius 3 is 2.20 bits per heavy atom. The summed E-state index contributed by atoms with van der Waals surface area (Å²) in [5.41, 5.74) is 0.815. The number of anilines is 4. The van der Waals surface area contributed by atoms with E-state index in [0.29, 0.717) is 24.2 Å². The van der Waals surface area contributed by atoms with E-state index in [4.69, 9.17) is 22.1 Å². The summed E-state index contributed by atoms with van der Waals surface area (Å²) in [4.78, 5) is 55.7. The first-order valence-corrected chi connectivity index (χ1v) is 20.2. The lowest BCUT2D eigenvalue weighted by Gasteiger charge is -2.39. The molecule has 0 atom stereocenters. The molecule has 1 aromatic heterocycles. The van der Waals surface area contributed by atoms with Crippen LogP contribution in [0.15, 0.2) is 72.9 Å². The molecule has 4 amide bonds. The SMILES string of the molecule is CC1(C)C(=O)N(c2ccc(C#N)c(C(F)(F)F)c2)C(=S)N1c1ccc(N2CCC(CN3CCC(n4ccc5c(N6CCC(=O)NC6=O)cccc54)CC3)CC2)cc1.O=CO. The van der Waals surface area contributed by atoms with Crippen LogP contribution in [0.25, 0.3) is 10.9 Å². The van der Waals surface area contributed by atoms with Gasteiger partial charge in [-0.15, -0.1) is 0 Å². The summed E-state index contributed by atoms with van der Waals surface area (Å²) in [6.07, 6.45) is 1.87. The molecule has 17 heteroatoms. The van der Waals surface area contributed by atoms with Crippen LogP contribution in [0.4, 0.5) is 40.7 Å². The highest BCUT2D eigenvalue weighted by Gasteiger charge is 2.51. The minimum Gasteiger partial charge on any atom is -0.483 e. The first kappa shape index (κ1) is 42.1. The van der Waals surface area contributed by atoms with Crippen LogP contribution in [0.5, 0.6) is 0 Å². The van der Waals surface area contributed by atoms with E-state index in [0.717, 1.165) is 97.7 Å². The van der Waals surface area contributed by atoms with Gasteiger partial charge in [-0.3, -0.25) is 29.5 Å². The molecule has 4 aromatic rings. The van der Waals surface area contributed by atoms with Crippen LogP contribution < -0.4 is 24.9 Å². The fraction of sp³-hybridized carbons (Fsp3) is 0.395. The van der Waals surface area contributed by atoms with Crippen LogP contribution in [0, 0.1) is 17.2 Å². The molecule has 0 radical (unpaired) electrons. The second-order valence-electron chi connectivity index (χ2n) is 15.9. The lowest BCUT2D eigenvalue weighted by Crippen LogP contribution is -2.49. The number of hydrogen-bond acceptors (Lipinski definition) is 8. The second-order valence-corrected chi connectivity index (χ2v) is 16.3. The normalized spacial score (nSPS) is 19.3.